The molecule has 135 heavy (non-hydrogen) atoms. The van der Waals surface area contributed by atoms with E-state index in [2.05, 4.69) is 26.8 Å². The SMILES string of the molecule is CCOC(=O)[C@@H]1CCc2cc(OC)c(-c3ccc(N4CCC4)nc3CN3C(=O)O[C@H](c4cc(F)c(F)c(F)c4)[C@@H]3C)cc21.COC(=O)C1CCC(c2ccc(OC)c(-c3ccc(N4CCC4)nc3CN3C(=O)O[C@H](c4cc(F)c(F)c(F)c4)[C@@H]3C)c2)CC1.COC(=O)c1ccc(-c2cc(-c3ccc(N4CCC4)nc3CN3C(=O)O[C@H](c4cc(F)c(F)c(F)c4)[C@@H]3C)c(OC)cc2F)c(C)c1. The summed E-state index contributed by atoms with van der Waals surface area (Å²) >= 11 is 0. The summed E-state index contributed by atoms with van der Waals surface area (Å²) in [4.78, 5) is 102. The molecule has 0 unspecified atom stereocenters. The Morgan fingerprint density at radius 2 is 0.800 bits per heavy atom. The zero-order valence-electron chi connectivity index (χ0n) is 75.8. The normalized spacial score (nSPS) is 20.4. The molecule has 7 fully saturated rings. The maximum atomic E-state index is 15.6. The van der Waals surface area contributed by atoms with Crippen molar-refractivity contribution in [2.75, 3.05) is 96.1 Å². The van der Waals surface area contributed by atoms with Gasteiger partial charge in [-0.2, -0.15) is 0 Å². The van der Waals surface area contributed by atoms with Crippen LogP contribution in [0, 0.1) is 71.0 Å². The van der Waals surface area contributed by atoms with Crippen molar-refractivity contribution in [2.24, 2.45) is 5.92 Å². The lowest BCUT2D eigenvalue weighted by atomic mass is 9.78. The molecule has 0 N–H and O–H groups in total. The maximum absolute atomic E-state index is 15.6. The van der Waals surface area contributed by atoms with Gasteiger partial charge in [0.2, 0.25) is 0 Å². The lowest BCUT2D eigenvalue weighted by molar-refractivity contribution is -0.147. The second-order valence-corrected chi connectivity index (χ2v) is 34.6. The van der Waals surface area contributed by atoms with Gasteiger partial charge in [0.15, 0.2) is 52.4 Å². The van der Waals surface area contributed by atoms with Gasteiger partial charge in [0, 0.05) is 101 Å². The second kappa shape index (κ2) is 39.8. The van der Waals surface area contributed by atoms with Crippen LogP contribution in [0.2, 0.25) is 0 Å². The van der Waals surface area contributed by atoms with Crippen molar-refractivity contribution in [3.8, 4) is 61.8 Å². The van der Waals surface area contributed by atoms with Gasteiger partial charge < -0.3 is 57.3 Å². The number of pyridine rings is 3. The topological polar surface area (TPSA) is 244 Å². The Bertz CT molecular complexity index is 6200. The molecule has 6 saturated heterocycles. The first kappa shape index (κ1) is 94.5. The third kappa shape index (κ3) is 19.1. The average Bonchev–Trinajstić information content (AvgIpc) is 1.75. The first-order valence-electron chi connectivity index (χ1n) is 44.7. The number of cyclic esters (lactones) is 3. The van der Waals surface area contributed by atoms with Gasteiger partial charge >= 0.3 is 36.2 Å². The number of carbonyl (C=O) groups is 6. The summed E-state index contributed by atoms with van der Waals surface area (Å²) in [6.07, 6.45) is 2.52. The molecule has 708 valence electrons. The van der Waals surface area contributed by atoms with Crippen molar-refractivity contribution >= 4 is 53.6 Å². The van der Waals surface area contributed by atoms with E-state index in [1.54, 1.807) is 73.1 Å². The van der Waals surface area contributed by atoms with Crippen LogP contribution >= 0.6 is 0 Å². The zero-order valence-corrected chi connectivity index (χ0v) is 75.8. The molecule has 7 aromatic carbocycles. The first-order chi connectivity index (χ1) is 64.9. The predicted octanol–water partition coefficient (Wildman–Crippen LogP) is 20.3. The van der Waals surface area contributed by atoms with Gasteiger partial charge in [-0.1, -0.05) is 12.1 Å². The Morgan fingerprint density at radius 1 is 0.400 bits per heavy atom. The molecule has 34 heteroatoms. The van der Waals surface area contributed by atoms with Crippen molar-refractivity contribution in [1.29, 1.82) is 0 Å². The molecule has 0 spiro atoms. The molecule has 3 aromatic heterocycles. The van der Waals surface area contributed by atoms with E-state index in [9.17, 15) is 68.3 Å². The van der Waals surface area contributed by atoms with Crippen molar-refractivity contribution < 1.29 is 115 Å². The van der Waals surface area contributed by atoms with Crippen LogP contribution in [0.25, 0.3) is 44.5 Å². The molecule has 2 aliphatic carbocycles. The van der Waals surface area contributed by atoms with E-state index >= 15 is 4.39 Å². The standard InChI is InChI=1S/C35H31F4N3O5.C34H36F3N3O5.C32H32F3N3O5/c1-18-12-20(34(43)46-4)6-7-22(18)24-15-25(30(45-3)16-26(24)36)23-8-9-31(41-10-5-11-41)40-29(23)17-42-19(2)33(47-35(42)44)21-13-27(37)32(39)28(38)14-21;1-19-32(23-16-26(35)31(37)27(36)17-23)45-34(42)40(19)18-28-24(10-12-30(38-28)39-13-4-14-39)25-15-22(9-11-29(25)43-2)20-5-7-21(8-6-20)33(41)44-3;1-4-42-31(39)21-7-6-18-14-27(41-3)23(15-22(18)21)20-8-9-28(37-10-5-11-37)36-26(20)16-38-17(2)30(43-32(38)40)19-12-24(33)29(35)25(34)13-19/h6-9,12-16,19,33H,5,10-11,17H2,1-4H3;9-12,15-17,19-21,32H,4-8,13-14,18H2,1-3H3;8-9,12-15,17,21,30H,4-7,10-11,16H2,1-3H3/t19-,33-;19-,20?,21?,32-;17-,21+,30-/m000/s1. The third-order valence-electron chi connectivity index (χ3n) is 26.7. The number of methoxy groups -OCH3 is 5. The van der Waals surface area contributed by atoms with E-state index in [0.29, 0.717) is 80.8 Å². The van der Waals surface area contributed by atoms with Crippen LogP contribution in [0.15, 0.2) is 133 Å². The fourth-order valence-electron chi connectivity index (χ4n) is 18.8. The molecule has 6 aliphatic heterocycles. The number of hydrogen-bond acceptors (Lipinski definition) is 21. The monoisotopic (exact) mass is 1870 g/mol. The van der Waals surface area contributed by atoms with Gasteiger partial charge in [0.1, 0.15) is 58.8 Å². The number of carbonyl (C=O) groups excluding carboxylic acids is 6. The number of rotatable bonds is 24. The highest BCUT2D eigenvalue weighted by molar-refractivity contribution is 5.91. The number of halogens is 10. The molecular weight excluding hydrogens is 1770 g/mol. The molecule has 24 nitrogen and oxygen atoms in total. The van der Waals surface area contributed by atoms with Crippen LogP contribution in [0.4, 0.5) is 75.7 Å². The number of fused-ring (bicyclic) bond motifs is 1. The maximum Gasteiger partial charge on any atom is 0.411 e. The van der Waals surface area contributed by atoms with E-state index in [4.69, 9.17) is 57.6 Å². The Kier molecular flexibility index (Phi) is 27.9. The van der Waals surface area contributed by atoms with Crippen LogP contribution in [0.1, 0.15) is 176 Å². The Morgan fingerprint density at radius 3 is 1.18 bits per heavy atom. The third-order valence-corrected chi connectivity index (χ3v) is 26.7. The lowest BCUT2D eigenvalue weighted by Gasteiger charge is -2.33. The van der Waals surface area contributed by atoms with Crippen LogP contribution in [-0.2, 0) is 64.1 Å². The van der Waals surface area contributed by atoms with Crippen LogP contribution in [0.3, 0.4) is 0 Å². The zero-order chi connectivity index (χ0) is 95.8. The van der Waals surface area contributed by atoms with Crippen molar-refractivity contribution in [3.63, 3.8) is 0 Å². The number of aryl methyl sites for hydroxylation is 2. The number of amides is 3. The van der Waals surface area contributed by atoms with Crippen molar-refractivity contribution in [1.82, 2.24) is 29.7 Å². The van der Waals surface area contributed by atoms with Crippen LogP contribution < -0.4 is 28.9 Å². The van der Waals surface area contributed by atoms with Gasteiger partial charge in [-0.25, -0.2) is 78.0 Å². The highest BCUT2D eigenvalue weighted by Gasteiger charge is 2.46. The molecular formula is C101H99F10N9O15. The highest BCUT2D eigenvalue weighted by atomic mass is 19.2. The van der Waals surface area contributed by atoms with Gasteiger partial charge in [-0.3, -0.25) is 24.3 Å². The number of hydrogen-bond donors (Lipinski definition) is 0. The van der Waals surface area contributed by atoms with Crippen molar-refractivity contribution in [3.05, 3.63) is 253 Å². The first-order valence-corrected chi connectivity index (χ1v) is 44.7. The van der Waals surface area contributed by atoms with Gasteiger partial charge in [0.25, 0.3) is 0 Å². The minimum Gasteiger partial charge on any atom is -0.496 e. The van der Waals surface area contributed by atoms with E-state index in [-0.39, 0.29) is 77.3 Å². The number of esters is 3. The van der Waals surface area contributed by atoms with Gasteiger partial charge in [0.05, 0.1) is 114 Å². The average molecular weight is 1870 g/mol. The predicted molar refractivity (Wildman–Crippen MR) is 477 cm³/mol. The van der Waals surface area contributed by atoms with Gasteiger partial charge in [-0.05, 0) is 241 Å². The quantitative estimate of drug-likeness (QED) is 0.0236. The number of nitrogens with zero attached hydrogens (tertiary/aromatic N) is 9. The van der Waals surface area contributed by atoms with E-state index in [1.807, 2.05) is 54.6 Å². The Labute approximate surface area is 772 Å². The minimum atomic E-state index is -1.61. The number of ether oxygens (including phenoxy) is 9. The molecule has 1 saturated carbocycles. The summed E-state index contributed by atoms with van der Waals surface area (Å²) in [7, 11) is 7.31. The van der Waals surface area contributed by atoms with Crippen molar-refractivity contribution in [2.45, 2.75) is 160 Å². The fourth-order valence-corrected chi connectivity index (χ4v) is 18.8. The summed E-state index contributed by atoms with van der Waals surface area (Å²) < 4.78 is 190. The van der Waals surface area contributed by atoms with Gasteiger partial charge in [-0.15, -0.1) is 0 Å². The summed E-state index contributed by atoms with van der Waals surface area (Å²) in [6.45, 7) is 14.0. The summed E-state index contributed by atoms with van der Waals surface area (Å²) in [5.74, 6) is -10.9. The summed E-state index contributed by atoms with van der Waals surface area (Å²) in [5.41, 5.74) is 10.5. The van der Waals surface area contributed by atoms with E-state index < -0.39 is 119 Å². The minimum absolute atomic E-state index is 0.0209. The molecule has 0 bridgehead atoms. The number of anilines is 3. The largest absolute Gasteiger partial charge is 0.496 e. The Balaban J connectivity index is 0.000000147. The number of benzene rings is 7. The molecule has 8 aliphatic rings. The highest BCUT2D eigenvalue weighted by Crippen LogP contribution is 2.49. The van der Waals surface area contributed by atoms with E-state index in [0.717, 1.165) is 172 Å². The molecule has 9 heterocycles. The molecule has 10 aromatic rings. The lowest BCUT2D eigenvalue weighted by Crippen LogP contribution is -2.38. The molecule has 7 atom stereocenters. The summed E-state index contributed by atoms with van der Waals surface area (Å²) in [5, 5.41) is 0. The second-order valence-electron chi connectivity index (χ2n) is 34.6. The molecule has 18 rings (SSSR count). The van der Waals surface area contributed by atoms with E-state index in [1.165, 1.54) is 42.1 Å². The van der Waals surface area contributed by atoms with Crippen LogP contribution in [-0.4, -0.2) is 165 Å². The number of aromatic nitrogens is 3. The molecule has 0 radical (unpaired) electrons. The smallest absolute Gasteiger partial charge is 0.411 e. The Hall–Kier alpha value is -13.7. The summed E-state index contributed by atoms with van der Waals surface area (Å²) in [6, 6.07) is 32.3. The molecule has 3 amide bonds. The fraction of sp³-hybridized carbons (Fsp3) is 0.376. The van der Waals surface area contributed by atoms with Crippen LogP contribution in [0.5, 0.6) is 17.2 Å².